The van der Waals surface area contributed by atoms with Crippen molar-refractivity contribution >= 4 is 27.9 Å². The Morgan fingerprint density at radius 3 is 2.13 bits per heavy atom. The van der Waals surface area contributed by atoms with Crippen molar-refractivity contribution in [3.05, 3.63) is 46.7 Å². The standard InChI is InChI=1S/C16H17BrN2O4/c1-3-22-15(20)14(16(21)23-4-2)11-5-7-13(8-6-11)19-10-12(17)9-18-19/h5-10,14H,3-4H2,1-2H3. The van der Waals surface area contributed by atoms with E-state index in [0.717, 1.165) is 10.2 Å². The Hall–Kier alpha value is -2.15. The first kappa shape index (κ1) is 17.2. The van der Waals surface area contributed by atoms with Crippen molar-refractivity contribution in [3.63, 3.8) is 0 Å². The molecule has 0 unspecified atom stereocenters. The predicted molar refractivity (Wildman–Crippen MR) is 87.3 cm³/mol. The zero-order valence-electron chi connectivity index (χ0n) is 12.9. The number of aromatic nitrogens is 2. The zero-order chi connectivity index (χ0) is 16.8. The molecule has 0 aliphatic heterocycles. The Kier molecular flexibility index (Phi) is 5.92. The number of carbonyl (C=O) groups excluding carboxylic acids is 2. The lowest BCUT2D eigenvalue weighted by atomic mass is 9.99. The molecule has 0 spiro atoms. The van der Waals surface area contributed by atoms with Crippen LogP contribution in [-0.2, 0) is 19.1 Å². The average Bonchev–Trinajstić information content (AvgIpc) is 2.95. The van der Waals surface area contributed by atoms with E-state index in [0.29, 0.717) is 5.56 Å². The molecule has 0 aliphatic rings. The number of rotatable bonds is 6. The van der Waals surface area contributed by atoms with Gasteiger partial charge in [0, 0.05) is 6.20 Å². The molecule has 0 N–H and O–H groups in total. The Balaban J connectivity index is 2.28. The average molecular weight is 381 g/mol. The van der Waals surface area contributed by atoms with E-state index in [4.69, 9.17) is 9.47 Å². The number of halogens is 1. The van der Waals surface area contributed by atoms with Gasteiger partial charge in [0.1, 0.15) is 0 Å². The molecular weight excluding hydrogens is 364 g/mol. The lowest BCUT2D eigenvalue weighted by molar-refractivity contribution is -0.156. The van der Waals surface area contributed by atoms with Crippen LogP contribution in [0.3, 0.4) is 0 Å². The van der Waals surface area contributed by atoms with Gasteiger partial charge in [-0.1, -0.05) is 12.1 Å². The van der Waals surface area contributed by atoms with Gasteiger partial charge in [0.25, 0.3) is 0 Å². The van der Waals surface area contributed by atoms with E-state index in [2.05, 4.69) is 21.0 Å². The molecule has 23 heavy (non-hydrogen) atoms. The largest absolute Gasteiger partial charge is 0.465 e. The molecule has 0 aliphatic carbocycles. The van der Waals surface area contributed by atoms with Crippen molar-refractivity contribution in [2.45, 2.75) is 19.8 Å². The summed E-state index contributed by atoms with van der Waals surface area (Å²) in [5.41, 5.74) is 1.34. The molecule has 0 saturated heterocycles. The lowest BCUT2D eigenvalue weighted by Crippen LogP contribution is -2.26. The summed E-state index contributed by atoms with van der Waals surface area (Å²) in [5.74, 6) is -2.30. The molecule has 1 aromatic heterocycles. The normalized spacial score (nSPS) is 10.6. The number of benzene rings is 1. The third kappa shape index (κ3) is 4.19. The minimum Gasteiger partial charge on any atom is -0.465 e. The Morgan fingerprint density at radius 2 is 1.70 bits per heavy atom. The first-order valence-electron chi connectivity index (χ1n) is 7.20. The van der Waals surface area contributed by atoms with Crippen LogP contribution in [-0.4, -0.2) is 34.9 Å². The minimum absolute atomic E-state index is 0.203. The molecule has 0 saturated carbocycles. The maximum Gasteiger partial charge on any atom is 0.324 e. The van der Waals surface area contributed by atoms with Crippen molar-refractivity contribution in [1.82, 2.24) is 9.78 Å². The van der Waals surface area contributed by atoms with Crippen LogP contribution in [0.25, 0.3) is 5.69 Å². The Bertz CT molecular complexity index is 664. The van der Waals surface area contributed by atoms with E-state index in [1.807, 2.05) is 6.20 Å². The molecule has 1 aromatic carbocycles. The number of carbonyl (C=O) groups is 2. The summed E-state index contributed by atoms with van der Waals surface area (Å²) in [6.45, 7) is 3.79. The van der Waals surface area contributed by atoms with E-state index < -0.39 is 17.9 Å². The van der Waals surface area contributed by atoms with E-state index in [1.165, 1.54) is 0 Å². The Morgan fingerprint density at radius 1 is 1.13 bits per heavy atom. The number of hydrogen-bond acceptors (Lipinski definition) is 5. The smallest absolute Gasteiger partial charge is 0.324 e. The molecular formula is C16H17BrN2O4. The van der Waals surface area contributed by atoms with Gasteiger partial charge >= 0.3 is 11.9 Å². The first-order valence-corrected chi connectivity index (χ1v) is 7.99. The Labute approximate surface area is 142 Å². The third-order valence-electron chi connectivity index (χ3n) is 3.09. The van der Waals surface area contributed by atoms with Crippen LogP contribution in [0.15, 0.2) is 41.1 Å². The van der Waals surface area contributed by atoms with Gasteiger partial charge in [-0.3, -0.25) is 9.59 Å². The molecule has 0 fully saturated rings. The number of hydrogen-bond donors (Lipinski definition) is 0. The second kappa shape index (κ2) is 7.92. The van der Waals surface area contributed by atoms with Gasteiger partial charge < -0.3 is 9.47 Å². The molecule has 2 rings (SSSR count). The van der Waals surface area contributed by atoms with Gasteiger partial charge in [0.05, 0.1) is 29.6 Å². The van der Waals surface area contributed by atoms with E-state index in [-0.39, 0.29) is 13.2 Å². The number of ether oxygens (including phenoxy) is 2. The summed E-state index contributed by atoms with van der Waals surface area (Å²) in [4.78, 5) is 24.1. The third-order valence-corrected chi connectivity index (χ3v) is 3.50. The van der Waals surface area contributed by atoms with Crippen LogP contribution < -0.4 is 0 Å². The number of nitrogens with zero attached hydrogens (tertiary/aromatic N) is 2. The predicted octanol–water partition coefficient (Wildman–Crippen LogP) is 2.84. The van der Waals surface area contributed by atoms with Crippen LogP contribution in [0.5, 0.6) is 0 Å². The molecule has 6 nitrogen and oxygen atoms in total. The van der Waals surface area contributed by atoms with Crippen molar-refractivity contribution in [1.29, 1.82) is 0 Å². The maximum atomic E-state index is 12.1. The first-order chi connectivity index (χ1) is 11.1. The fourth-order valence-electron chi connectivity index (χ4n) is 2.08. The molecule has 0 radical (unpaired) electrons. The summed E-state index contributed by atoms with van der Waals surface area (Å²) >= 11 is 3.33. The van der Waals surface area contributed by atoms with Crippen LogP contribution in [0.2, 0.25) is 0 Å². The van der Waals surface area contributed by atoms with Gasteiger partial charge in [-0.05, 0) is 47.5 Å². The van der Waals surface area contributed by atoms with Crippen molar-refractivity contribution in [2.75, 3.05) is 13.2 Å². The second-order valence-electron chi connectivity index (χ2n) is 4.63. The fraction of sp³-hybridized carbons (Fsp3) is 0.312. The maximum absolute atomic E-state index is 12.1. The van der Waals surface area contributed by atoms with E-state index >= 15 is 0 Å². The van der Waals surface area contributed by atoms with Gasteiger partial charge in [0.2, 0.25) is 0 Å². The highest BCUT2D eigenvalue weighted by Crippen LogP contribution is 2.22. The van der Waals surface area contributed by atoms with Crippen LogP contribution in [0.1, 0.15) is 25.3 Å². The number of esters is 2. The van der Waals surface area contributed by atoms with E-state index in [1.54, 1.807) is 49.0 Å². The van der Waals surface area contributed by atoms with Crippen LogP contribution >= 0.6 is 15.9 Å². The van der Waals surface area contributed by atoms with Gasteiger partial charge in [-0.25, -0.2) is 4.68 Å². The molecule has 1 heterocycles. The molecule has 7 heteroatoms. The highest BCUT2D eigenvalue weighted by atomic mass is 79.9. The summed E-state index contributed by atoms with van der Waals surface area (Å²) in [6.07, 6.45) is 3.48. The van der Waals surface area contributed by atoms with Gasteiger partial charge in [-0.15, -0.1) is 0 Å². The molecule has 0 atom stereocenters. The molecule has 2 aromatic rings. The molecule has 122 valence electrons. The zero-order valence-corrected chi connectivity index (χ0v) is 14.4. The van der Waals surface area contributed by atoms with Crippen molar-refractivity contribution in [3.8, 4) is 5.69 Å². The van der Waals surface area contributed by atoms with E-state index in [9.17, 15) is 9.59 Å². The second-order valence-corrected chi connectivity index (χ2v) is 5.55. The summed E-state index contributed by atoms with van der Waals surface area (Å²) in [6, 6.07) is 6.95. The highest BCUT2D eigenvalue weighted by Gasteiger charge is 2.31. The van der Waals surface area contributed by atoms with Gasteiger partial charge in [0.15, 0.2) is 5.92 Å². The lowest BCUT2D eigenvalue weighted by Gasteiger charge is -2.15. The molecule has 0 amide bonds. The minimum atomic E-state index is -1.08. The summed E-state index contributed by atoms with van der Waals surface area (Å²) in [7, 11) is 0. The van der Waals surface area contributed by atoms with Crippen molar-refractivity contribution in [2.24, 2.45) is 0 Å². The fourth-order valence-corrected chi connectivity index (χ4v) is 2.37. The molecule has 0 bridgehead atoms. The van der Waals surface area contributed by atoms with Gasteiger partial charge in [-0.2, -0.15) is 5.10 Å². The highest BCUT2D eigenvalue weighted by molar-refractivity contribution is 9.10. The topological polar surface area (TPSA) is 70.4 Å². The van der Waals surface area contributed by atoms with Crippen molar-refractivity contribution < 1.29 is 19.1 Å². The SMILES string of the molecule is CCOC(=O)C(C(=O)OCC)c1ccc(-n2cc(Br)cn2)cc1. The van der Waals surface area contributed by atoms with Crippen LogP contribution in [0.4, 0.5) is 0 Å². The quantitative estimate of drug-likeness (QED) is 0.569. The summed E-state index contributed by atoms with van der Waals surface area (Å²) in [5, 5.41) is 4.18. The monoisotopic (exact) mass is 380 g/mol. The summed E-state index contributed by atoms with van der Waals surface area (Å²) < 4.78 is 12.5. The van der Waals surface area contributed by atoms with Crippen LogP contribution in [0, 0.1) is 0 Å².